The summed E-state index contributed by atoms with van der Waals surface area (Å²) in [6, 6.07) is 2.69. The fraction of sp³-hybridized carbons (Fsp3) is 0.400. The molecular formula is C10H14N2O4S. The summed E-state index contributed by atoms with van der Waals surface area (Å²) in [7, 11) is -3.37. The quantitative estimate of drug-likeness (QED) is 0.806. The van der Waals surface area contributed by atoms with Crippen molar-refractivity contribution >= 4 is 16.0 Å². The van der Waals surface area contributed by atoms with E-state index in [9.17, 15) is 13.2 Å². The van der Waals surface area contributed by atoms with Crippen LogP contribution in [-0.2, 0) is 16.6 Å². The molecule has 0 radical (unpaired) electrons. The Morgan fingerprint density at radius 2 is 2.18 bits per heavy atom. The molecule has 0 saturated carbocycles. The average molecular weight is 258 g/mol. The lowest BCUT2D eigenvalue weighted by molar-refractivity contribution is 0.0696. The number of hydrogen-bond donors (Lipinski definition) is 2. The Balaban J connectivity index is 2.77. The van der Waals surface area contributed by atoms with E-state index in [-0.39, 0.29) is 12.1 Å². The van der Waals surface area contributed by atoms with Crippen LogP contribution in [0.5, 0.6) is 0 Å². The third kappa shape index (κ3) is 3.79. The second-order valence-corrected chi connectivity index (χ2v) is 6.08. The van der Waals surface area contributed by atoms with Crippen LogP contribution in [0.25, 0.3) is 0 Å². The molecule has 0 spiro atoms. The maximum absolute atomic E-state index is 11.5. The molecule has 6 nitrogen and oxygen atoms in total. The lowest BCUT2D eigenvalue weighted by Gasteiger charge is -2.09. The first-order chi connectivity index (χ1) is 7.83. The van der Waals surface area contributed by atoms with E-state index in [4.69, 9.17) is 5.11 Å². The maximum Gasteiger partial charge on any atom is 0.335 e. The molecule has 0 amide bonds. The van der Waals surface area contributed by atoms with Gasteiger partial charge in [-0.25, -0.2) is 17.9 Å². The van der Waals surface area contributed by atoms with Crippen LogP contribution in [0, 0.1) is 0 Å². The molecule has 0 fully saturated rings. The van der Waals surface area contributed by atoms with Crippen molar-refractivity contribution < 1.29 is 18.3 Å². The molecule has 0 aliphatic rings. The van der Waals surface area contributed by atoms with Gasteiger partial charge in [0.25, 0.3) is 0 Å². The normalized spacial score (nSPS) is 11.7. The molecule has 0 unspecified atom stereocenters. The number of carboxylic acid groups (broad SMARTS) is 1. The van der Waals surface area contributed by atoms with Crippen molar-refractivity contribution in [3.63, 3.8) is 0 Å². The molecule has 17 heavy (non-hydrogen) atoms. The number of carboxylic acids is 1. The highest BCUT2D eigenvalue weighted by atomic mass is 32.2. The predicted octanol–water partition coefficient (Wildman–Crippen LogP) is 0.608. The van der Waals surface area contributed by atoms with E-state index < -0.39 is 21.2 Å². The van der Waals surface area contributed by atoms with Gasteiger partial charge < -0.3 is 5.11 Å². The lowest BCUT2D eigenvalue weighted by Crippen LogP contribution is -2.30. The molecule has 0 atom stereocenters. The fourth-order valence-corrected chi connectivity index (χ4v) is 1.73. The number of carbonyl (C=O) groups is 1. The van der Waals surface area contributed by atoms with Gasteiger partial charge in [-0.05, 0) is 26.0 Å². The van der Waals surface area contributed by atoms with Gasteiger partial charge in [0.15, 0.2) is 0 Å². The highest BCUT2D eigenvalue weighted by Gasteiger charge is 2.15. The topological polar surface area (TPSA) is 96.4 Å². The lowest BCUT2D eigenvalue weighted by atomic mass is 10.2. The molecule has 0 aliphatic heterocycles. The van der Waals surface area contributed by atoms with E-state index in [0.717, 1.165) is 0 Å². The SMILES string of the molecule is CC(C)S(=O)(=O)NCc1cc(C(=O)O)ccn1. The largest absolute Gasteiger partial charge is 0.478 e. The minimum Gasteiger partial charge on any atom is -0.478 e. The van der Waals surface area contributed by atoms with Crippen LogP contribution >= 0.6 is 0 Å². The van der Waals surface area contributed by atoms with Crippen LogP contribution in [0.15, 0.2) is 18.3 Å². The molecule has 1 rings (SSSR count). The highest BCUT2D eigenvalue weighted by molar-refractivity contribution is 7.90. The maximum atomic E-state index is 11.5. The van der Waals surface area contributed by atoms with Crippen LogP contribution in [-0.4, -0.2) is 29.7 Å². The van der Waals surface area contributed by atoms with E-state index in [2.05, 4.69) is 9.71 Å². The first-order valence-electron chi connectivity index (χ1n) is 4.99. The number of pyridine rings is 1. The Labute approximate surface area is 99.7 Å². The third-order valence-corrected chi connectivity index (χ3v) is 3.93. The molecule has 0 aromatic carbocycles. The van der Waals surface area contributed by atoms with Gasteiger partial charge in [0.1, 0.15) is 0 Å². The first kappa shape index (κ1) is 13.6. The second kappa shape index (κ2) is 5.24. The van der Waals surface area contributed by atoms with Gasteiger partial charge in [0.2, 0.25) is 10.0 Å². The molecule has 0 saturated heterocycles. The number of aromatic carboxylic acids is 1. The smallest absolute Gasteiger partial charge is 0.335 e. The van der Waals surface area contributed by atoms with E-state index in [1.165, 1.54) is 18.3 Å². The van der Waals surface area contributed by atoms with E-state index >= 15 is 0 Å². The zero-order valence-corrected chi connectivity index (χ0v) is 10.4. The summed E-state index contributed by atoms with van der Waals surface area (Å²) in [6.45, 7) is 3.11. The summed E-state index contributed by atoms with van der Waals surface area (Å²) in [6.07, 6.45) is 1.34. The van der Waals surface area contributed by atoms with Gasteiger partial charge in [0.05, 0.1) is 23.1 Å². The first-order valence-corrected chi connectivity index (χ1v) is 6.54. The Bertz CT molecular complexity index is 511. The average Bonchev–Trinajstić information content (AvgIpc) is 2.26. The fourth-order valence-electron chi connectivity index (χ4n) is 1.05. The van der Waals surface area contributed by atoms with Crippen molar-refractivity contribution in [2.75, 3.05) is 0 Å². The van der Waals surface area contributed by atoms with Crippen LogP contribution < -0.4 is 4.72 Å². The van der Waals surface area contributed by atoms with Crippen molar-refractivity contribution in [2.24, 2.45) is 0 Å². The Hall–Kier alpha value is -1.47. The van der Waals surface area contributed by atoms with Gasteiger partial charge in [-0.2, -0.15) is 0 Å². The number of nitrogens with zero attached hydrogens (tertiary/aromatic N) is 1. The standard InChI is InChI=1S/C10H14N2O4S/c1-7(2)17(15,16)12-6-9-5-8(10(13)14)3-4-11-9/h3-5,7,12H,6H2,1-2H3,(H,13,14). The highest BCUT2D eigenvalue weighted by Crippen LogP contribution is 2.03. The van der Waals surface area contributed by atoms with Gasteiger partial charge >= 0.3 is 5.97 Å². The number of nitrogens with one attached hydrogen (secondary N) is 1. The van der Waals surface area contributed by atoms with Gasteiger partial charge in [-0.3, -0.25) is 4.98 Å². The Morgan fingerprint density at radius 1 is 1.53 bits per heavy atom. The Morgan fingerprint density at radius 3 is 2.71 bits per heavy atom. The molecule has 0 aliphatic carbocycles. The summed E-state index contributed by atoms with van der Waals surface area (Å²) in [5.41, 5.74) is 0.452. The van der Waals surface area contributed by atoms with Crippen molar-refractivity contribution in [1.29, 1.82) is 0 Å². The summed E-state index contributed by atoms with van der Waals surface area (Å²) in [5, 5.41) is 8.22. The van der Waals surface area contributed by atoms with Crippen molar-refractivity contribution in [2.45, 2.75) is 25.6 Å². The van der Waals surface area contributed by atoms with Gasteiger partial charge in [0, 0.05) is 6.20 Å². The Kier molecular flexibility index (Phi) is 4.19. The van der Waals surface area contributed by atoms with Crippen LogP contribution in [0.1, 0.15) is 29.9 Å². The number of hydrogen-bond acceptors (Lipinski definition) is 4. The number of aromatic nitrogens is 1. The van der Waals surface area contributed by atoms with Crippen molar-refractivity contribution in [3.05, 3.63) is 29.6 Å². The van der Waals surface area contributed by atoms with E-state index in [0.29, 0.717) is 5.69 Å². The minimum atomic E-state index is -3.37. The summed E-state index contributed by atoms with van der Waals surface area (Å²) >= 11 is 0. The number of sulfonamides is 1. The van der Waals surface area contributed by atoms with E-state index in [1.807, 2.05) is 0 Å². The number of rotatable bonds is 5. The third-order valence-electron chi connectivity index (χ3n) is 2.14. The summed E-state index contributed by atoms with van der Waals surface area (Å²) < 4.78 is 25.3. The molecule has 0 bridgehead atoms. The zero-order chi connectivity index (χ0) is 13.1. The van der Waals surface area contributed by atoms with Crippen LogP contribution in [0.3, 0.4) is 0 Å². The summed E-state index contributed by atoms with van der Waals surface area (Å²) in [4.78, 5) is 14.6. The summed E-state index contributed by atoms with van der Waals surface area (Å²) in [5.74, 6) is -1.07. The molecule has 7 heteroatoms. The molecule has 1 aromatic rings. The zero-order valence-electron chi connectivity index (χ0n) is 9.54. The van der Waals surface area contributed by atoms with E-state index in [1.54, 1.807) is 13.8 Å². The molecule has 2 N–H and O–H groups in total. The molecule has 1 aromatic heterocycles. The molecular weight excluding hydrogens is 244 g/mol. The molecule has 1 heterocycles. The van der Waals surface area contributed by atoms with Gasteiger partial charge in [-0.1, -0.05) is 0 Å². The monoisotopic (exact) mass is 258 g/mol. The molecule has 94 valence electrons. The van der Waals surface area contributed by atoms with Crippen molar-refractivity contribution in [3.8, 4) is 0 Å². The second-order valence-electron chi connectivity index (χ2n) is 3.76. The minimum absolute atomic E-state index is 0.0123. The van der Waals surface area contributed by atoms with Crippen LogP contribution in [0.4, 0.5) is 0 Å². The predicted molar refractivity (Wildman–Crippen MR) is 62.1 cm³/mol. The van der Waals surface area contributed by atoms with Crippen LogP contribution in [0.2, 0.25) is 0 Å². The van der Waals surface area contributed by atoms with Crippen molar-refractivity contribution in [1.82, 2.24) is 9.71 Å². The van der Waals surface area contributed by atoms with Gasteiger partial charge in [-0.15, -0.1) is 0 Å².